The Morgan fingerprint density at radius 3 is 1.71 bits per heavy atom. The number of fused-ring (bicyclic) bond motifs is 6. The minimum Gasteiger partial charge on any atom is -0.406 e. The highest BCUT2D eigenvalue weighted by atomic mass is 19.4. The third-order valence-corrected chi connectivity index (χ3v) is 8.13. The lowest BCUT2D eigenvalue weighted by molar-refractivity contribution is -0.303. The van der Waals surface area contributed by atoms with Gasteiger partial charge in [-0.2, -0.15) is 21.0 Å². The molecule has 3 aliphatic rings. The maximum absolute atomic E-state index is 13.2. The number of alkyl halides is 9. The van der Waals surface area contributed by atoms with Crippen molar-refractivity contribution in [2.24, 2.45) is 5.92 Å². The van der Waals surface area contributed by atoms with Gasteiger partial charge in [-0.1, -0.05) is 24.3 Å². The molecule has 7 nitrogen and oxygen atoms in total. The maximum atomic E-state index is 13.2. The molecule has 3 aromatic carbocycles. The molecule has 2 atom stereocenters. The van der Waals surface area contributed by atoms with Crippen molar-refractivity contribution in [2.45, 2.75) is 25.0 Å². The molecule has 0 saturated carbocycles. The number of nitrogens with zero attached hydrogens (tertiary/aromatic N) is 4. The first-order valence-corrected chi connectivity index (χ1v) is 14.2. The number of hydrogen-bond acceptors (Lipinski definition) is 7. The monoisotopic (exact) mass is 708 g/mol. The van der Waals surface area contributed by atoms with Gasteiger partial charge in [0, 0.05) is 17.4 Å². The highest BCUT2D eigenvalue weighted by molar-refractivity contribution is 6.11. The van der Waals surface area contributed by atoms with E-state index in [-0.39, 0.29) is 55.7 Å². The first kappa shape index (κ1) is 34.2. The molecular formula is C35H13F9N4O3. The van der Waals surface area contributed by atoms with Crippen LogP contribution >= 0.6 is 0 Å². The van der Waals surface area contributed by atoms with Gasteiger partial charge >= 0.3 is 19.1 Å². The van der Waals surface area contributed by atoms with Crippen molar-refractivity contribution in [1.82, 2.24) is 0 Å². The van der Waals surface area contributed by atoms with Gasteiger partial charge in [-0.3, -0.25) is 0 Å². The normalized spacial score (nSPS) is 17.0. The molecule has 0 bridgehead atoms. The van der Waals surface area contributed by atoms with E-state index in [2.05, 4.69) is 14.2 Å². The molecule has 254 valence electrons. The quantitative estimate of drug-likeness (QED) is 0.153. The van der Waals surface area contributed by atoms with Gasteiger partial charge in [0.25, 0.3) is 0 Å². The second kappa shape index (κ2) is 12.0. The van der Waals surface area contributed by atoms with Gasteiger partial charge in [0.1, 0.15) is 52.7 Å². The summed E-state index contributed by atoms with van der Waals surface area (Å²) in [6, 6.07) is 15.8. The van der Waals surface area contributed by atoms with E-state index in [4.69, 9.17) is 0 Å². The molecular weight excluding hydrogens is 695 g/mol. The number of nitriles is 4. The standard InChI is InChI=1S/C35H13F9N4O3/c36-33(37,38)49-19-3-1-16(2-4-19)30-31-22-7-5-20(50-34(39,40)41)9-24(22)28(17(12-45)13-46)26(31)11-27-29(18(14-47)15-48)25-10-21(51-35(42,43)44)6-8-23(25)32(27)30/h1-11,22,24H. The molecule has 0 spiro atoms. The largest absolute Gasteiger partial charge is 0.573 e. The smallest absolute Gasteiger partial charge is 0.406 e. The molecule has 0 saturated heterocycles. The van der Waals surface area contributed by atoms with Crippen LogP contribution in [0.3, 0.4) is 0 Å². The molecule has 0 fully saturated rings. The van der Waals surface area contributed by atoms with E-state index >= 15 is 0 Å². The number of benzene rings is 3. The zero-order valence-corrected chi connectivity index (χ0v) is 24.9. The molecule has 3 aliphatic carbocycles. The summed E-state index contributed by atoms with van der Waals surface area (Å²) >= 11 is 0. The van der Waals surface area contributed by atoms with Crippen LogP contribution in [0.15, 0.2) is 83.7 Å². The minimum atomic E-state index is -5.13. The van der Waals surface area contributed by atoms with Gasteiger partial charge in [-0.05, 0) is 92.6 Å². The van der Waals surface area contributed by atoms with Gasteiger partial charge in [0.05, 0.1) is 0 Å². The summed E-state index contributed by atoms with van der Waals surface area (Å²) in [6.45, 7) is 0. The lowest BCUT2D eigenvalue weighted by atomic mass is 9.81. The maximum Gasteiger partial charge on any atom is 0.573 e. The second-order valence-corrected chi connectivity index (χ2v) is 11.0. The average Bonchev–Trinajstić information content (AvgIpc) is 3.51. The Labute approximate surface area is 280 Å². The molecule has 16 heteroatoms. The molecule has 0 heterocycles. The predicted molar refractivity (Wildman–Crippen MR) is 157 cm³/mol. The Balaban J connectivity index is 1.73. The summed E-state index contributed by atoms with van der Waals surface area (Å²) in [7, 11) is 0. The molecule has 0 aliphatic heterocycles. The minimum absolute atomic E-state index is 0.0442. The summed E-state index contributed by atoms with van der Waals surface area (Å²) in [6.07, 6.45) is -11.9. The zero-order chi connectivity index (χ0) is 37.0. The number of ether oxygens (including phenoxy) is 3. The second-order valence-electron chi connectivity index (χ2n) is 11.0. The summed E-state index contributed by atoms with van der Waals surface area (Å²) < 4.78 is 131. The van der Waals surface area contributed by atoms with E-state index in [1.165, 1.54) is 30.3 Å². The summed E-state index contributed by atoms with van der Waals surface area (Å²) in [5.74, 6) is -4.04. The van der Waals surface area contributed by atoms with Crippen molar-refractivity contribution in [3.8, 4) is 58.0 Å². The van der Waals surface area contributed by atoms with Crippen molar-refractivity contribution in [1.29, 1.82) is 21.0 Å². The van der Waals surface area contributed by atoms with Gasteiger partial charge in [0.15, 0.2) is 0 Å². The van der Waals surface area contributed by atoms with E-state index in [9.17, 15) is 60.6 Å². The van der Waals surface area contributed by atoms with Crippen LogP contribution in [-0.2, 0) is 4.74 Å². The van der Waals surface area contributed by atoms with Gasteiger partial charge in [-0.25, -0.2) is 0 Å². The van der Waals surface area contributed by atoms with Crippen LogP contribution in [0.1, 0.15) is 28.2 Å². The van der Waals surface area contributed by atoms with E-state index in [0.29, 0.717) is 0 Å². The zero-order valence-electron chi connectivity index (χ0n) is 24.9. The number of hydrogen-bond donors (Lipinski definition) is 0. The lowest BCUT2D eigenvalue weighted by Crippen LogP contribution is -2.17. The highest BCUT2D eigenvalue weighted by Gasteiger charge is 2.45. The molecule has 51 heavy (non-hydrogen) atoms. The van der Waals surface area contributed by atoms with Crippen molar-refractivity contribution in [3.05, 3.63) is 106 Å². The molecule has 0 amide bonds. The van der Waals surface area contributed by atoms with E-state index in [1.54, 1.807) is 24.3 Å². The predicted octanol–water partition coefficient (Wildman–Crippen LogP) is 9.48. The molecule has 3 aromatic rings. The van der Waals surface area contributed by atoms with Crippen molar-refractivity contribution >= 4 is 11.1 Å². The van der Waals surface area contributed by atoms with Gasteiger partial charge < -0.3 is 14.2 Å². The lowest BCUT2D eigenvalue weighted by Gasteiger charge is -2.23. The van der Waals surface area contributed by atoms with E-state index in [1.807, 2.05) is 0 Å². The van der Waals surface area contributed by atoms with Crippen molar-refractivity contribution in [2.75, 3.05) is 0 Å². The SMILES string of the molecule is N#CC(C#N)=C1c2cc(OC(F)(F)F)ccc2-c2c1cc1c(c2-c2ccc(OC(F)(F)F)cc2)C2C=CC(OC(F)(F)F)=CC2C1=C(C#N)C#N. The van der Waals surface area contributed by atoms with Crippen LogP contribution in [-0.4, -0.2) is 19.1 Å². The molecule has 2 unspecified atom stereocenters. The summed E-state index contributed by atoms with van der Waals surface area (Å²) in [5.41, 5.74) is -0.283. The fourth-order valence-electron chi connectivity index (χ4n) is 6.59. The first-order chi connectivity index (χ1) is 24.0. The van der Waals surface area contributed by atoms with Crippen molar-refractivity contribution < 1.29 is 53.7 Å². The van der Waals surface area contributed by atoms with Crippen LogP contribution in [0, 0.1) is 51.2 Å². The van der Waals surface area contributed by atoms with Crippen LogP contribution in [0.5, 0.6) is 11.5 Å². The van der Waals surface area contributed by atoms with Gasteiger partial charge in [-0.15, -0.1) is 39.5 Å². The number of rotatable bonds is 4. The highest BCUT2D eigenvalue weighted by Crippen LogP contribution is 2.60. The summed E-state index contributed by atoms with van der Waals surface area (Å²) in [5, 5.41) is 39.8. The van der Waals surface area contributed by atoms with Crippen LogP contribution in [0.25, 0.3) is 33.4 Å². The summed E-state index contributed by atoms with van der Waals surface area (Å²) in [4.78, 5) is 0. The number of allylic oxidation sites excluding steroid dienone is 6. The Kier molecular flexibility index (Phi) is 8.08. The number of halogens is 9. The van der Waals surface area contributed by atoms with E-state index in [0.717, 1.165) is 36.4 Å². The van der Waals surface area contributed by atoms with Crippen LogP contribution < -0.4 is 9.47 Å². The first-order valence-electron chi connectivity index (χ1n) is 14.2. The topological polar surface area (TPSA) is 123 Å². The van der Waals surface area contributed by atoms with Crippen molar-refractivity contribution in [3.63, 3.8) is 0 Å². The Bertz CT molecular complexity index is 2270. The Morgan fingerprint density at radius 1 is 0.569 bits per heavy atom. The molecule has 0 aromatic heterocycles. The molecule has 6 rings (SSSR count). The Hall–Kier alpha value is -6.65. The van der Waals surface area contributed by atoms with Crippen LogP contribution in [0.2, 0.25) is 0 Å². The Morgan fingerprint density at radius 2 is 1.14 bits per heavy atom. The molecule has 0 N–H and O–H groups in total. The fourth-order valence-corrected chi connectivity index (χ4v) is 6.59. The van der Waals surface area contributed by atoms with Crippen LogP contribution in [0.4, 0.5) is 39.5 Å². The third-order valence-electron chi connectivity index (χ3n) is 8.13. The molecule has 0 radical (unpaired) electrons. The average molecular weight is 708 g/mol. The van der Waals surface area contributed by atoms with Gasteiger partial charge in [0.2, 0.25) is 0 Å². The fraction of sp³-hybridized carbons (Fsp3) is 0.143. The third kappa shape index (κ3) is 6.31. The van der Waals surface area contributed by atoms with E-state index < -0.39 is 59.3 Å².